The molecule has 0 atom stereocenters. The van der Waals surface area contributed by atoms with Gasteiger partial charge < -0.3 is 10.6 Å². The van der Waals surface area contributed by atoms with Gasteiger partial charge in [-0.1, -0.05) is 36.8 Å². The fourth-order valence-corrected chi connectivity index (χ4v) is 5.34. The van der Waals surface area contributed by atoms with E-state index in [9.17, 15) is 0 Å². The first-order valence-electron chi connectivity index (χ1n) is 11.3. The summed E-state index contributed by atoms with van der Waals surface area (Å²) in [6.45, 7) is 7.36. The first kappa shape index (κ1) is 24.5. The Hall–Kier alpha value is -1.19. The number of halogens is 1. The predicted molar refractivity (Wildman–Crippen MR) is 142 cm³/mol. The molecule has 170 valence electrons. The first-order valence-corrected chi connectivity index (χ1v) is 12.2. The Morgan fingerprint density at radius 1 is 1.19 bits per heavy atom. The highest BCUT2D eigenvalue weighted by atomic mass is 127. The number of hydrogen-bond acceptors (Lipinski definition) is 4. The fourth-order valence-electron chi connectivity index (χ4n) is 4.74. The topological polar surface area (TPSA) is 52.6 Å². The minimum atomic E-state index is 0. The maximum absolute atomic E-state index is 4.61. The number of hydrogen-bond donors (Lipinski definition) is 2. The van der Waals surface area contributed by atoms with E-state index in [0.717, 1.165) is 38.7 Å². The number of thiazole rings is 1. The number of benzene rings is 1. The molecule has 1 aliphatic carbocycles. The van der Waals surface area contributed by atoms with Crippen LogP contribution < -0.4 is 10.6 Å². The summed E-state index contributed by atoms with van der Waals surface area (Å²) in [5, 5.41) is 10.6. The lowest BCUT2D eigenvalue weighted by molar-refractivity contribution is 0.176. The van der Waals surface area contributed by atoms with Gasteiger partial charge in [0.05, 0.1) is 10.7 Å². The van der Waals surface area contributed by atoms with Gasteiger partial charge in [-0.15, -0.1) is 35.3 Å². The first-order chi connectivity index (χ1) is 14.7. The Bertz CT molecular complexity index is 826. The van der Waals surface area contributed by atoms with E-state index in [-0.39, 0.29) is 29.4 Å². The lowest BCUT2D eigenvalue weighted by atomic mass is 9.64. The van der Waals surface area contributed by atoms with Crippen LogP contribution in [0.25, 0.3) is 0 Å². The summed E-state index contributed by atoms with van der Waals surface area (Å²) < 4.78 is 0. The molecule has 5 nitrogen and oxygen atoms in total. The SMILES string of the molecule is CN=C(NCC1CCN(Cc2csc(C)n2)CC1)NCC1(c2ccccc2)CCC1.I. The second-order valence-electron chi connectivity index (χ2n) is 8.88. The number of guanidine groups is 1. The van der Waals surface area contributed by atoms with Gasteiger partial charge in [-0.3, -0.25) is 9.89 Å². The second-order valence-corrected chi connectivity index (χ2v) is 9.95. The number of piperidine rings is 1. The van der Waals surface area contributed by atoms with Crippen molar-refractivity contribution in [1.82, 2.24) is 20.5 Å². The van der Waals surface area contributed by atoms with Crippen LogP contribution in [-0.2, 0) is 12.0 Å². The summed E-state index contributed by atoms with van der Waals surface area (Å²) in [4.78, 5) is 11.6. The Balaban J connectivity index is 0.00000272. The van der Waals surface area contributed by atoms with Crippen molar-refractivity contribution in [3.05, 3.63) is 52.0 Å². The molecule has 31 heavy (non-hydrogen) atoms. The summed E-state index contributed by atoms with van der Waals surface area (Å²) in [5.74, 6) is 1.65. The molecule has 2 aromatic rings. The Morgan fingerprint density at radius 3 is 2.52 bits per heavy atom. The molecule has 2 aliphatic rings. The monoisotopic (exact) mass is 553 g/mol. The van der Waals surface area contributed by atoms with Gasteiger partial charge in [0, 0.05) is 37.5 Å². The molecule has 0 bridgehead atoms. The zero-order chi connectivity index (χ0) is 20.8. The van der Waals surface area contributed by atoms with Crippen LogP contribution >= 0.6 is 35.3 Å². The van der Waals surface area contributed by atoms with Crippen molar-refractivity contribution in [3.63, 3.8) is 0 Å². The molecule has 0 unspecified atom stereocenters. The molecule has 2 heterocycles. The summed E-state index contributed by atoms with van der Waals surface area (Å²) in [5.41, 5.74) is 2.96. The lowest BCUT2D eigenvalue weighted by Gasteiger charge is -2.43. The quantitative estimate of drug-likeness (QED) is 0.300. The van der Waals surface area contributed by atoms with Gasteiger partial charge in [0.1, 0.15) is 0 Å². The van der Waals surface area contributed by atoms with Gasteiger partial charge in [-0.2, -0.15) is 0 Å². The number of nitrogens with one attached hydrogen (secondary N) is 2. The molecular weight excluding hydrogens is 517 g/mol. The molecule has 1 aromatic heterocycles. The lowest BCUT2D eigenvalue weighted by Crippen LogP contribution is -2.50. The summed E-state index contributed by atoms with van der Waals surface area (Å²) >= 11 is 1.75. The van der Waals surface area contributed by atoms with E-state index in [1.54, 1.807) is 11.3 Å². The number of nitrogens with zero attached hydrogens (tertiary/aromatic N) is 3. The van der Waals surface area contributed by atoms with Crippen molar-refractivity contribution in [2.75, 3.05) is 33.2 Å². The van der Waals surface area contributed by atoms with Crippen molar-refractivity contribution in [3.8, 4) is 0 Å². The molecule has 2 fully saturated rings. The number of likely N-dealkylation sites (tertiary alicyclic amines) is 1. The number of rotatable bonds is 7. The highest BCUT2D eigenvalue weighted by molar-refractivity contribution is 14.0. The molecule has 1 aliphatic heterocycles. The fraction of sp³-hybridized carbons (Fsp3) is 0.583. The number of aryl methyl sites for hydroxylation is 1. The Labute approximate surface area is 208 Å². The summed E-state index contributed by atoms with van der Waals surface area (Å²) in [6.07, 6.45) is 6.32. The van der Waals surface area contributed by atoms with E-state index in [4.69, 9.17) is 0 Å². The molecule has 1 saturated heterocycles. The highest BCUT2D eigenvalue weighted by Gasteiger charge is 2.38. The van der Waals surface area contributed by atoms with Crippen LogP contribution in [0.4, 0.5) is 0 Å². The maximum atomic E-state index is 4.61. The predicted octanol–water partition coefficient (Wildman–Crippen LogP) is 4.57. The zero-order valence-corrected chi connectivity index (χ0v) is 21.9. The average Bonchev–Trinajstić information content (AvgIpc) is 3.16. The van der Waals surface area contributed by atoms with Gasteiger partial charge in [0.15, 0.2) is 5.96 Å². The molecule has 7 heteroatoms. The highest BCUT2D eigenvalue weighted by Crippen LogP contribution is 2.43. The van der Waals surface area contributed by atoms with Gasteiger partial charge in [-0.05, 0) is 57.2 Å². The van der Waals surface area contributed by atoms with Crippen molar-refractivity contribution in [2.45, 2.75) is 51.0 Å². The van der Waals surface area contributed by atoms with Crippen LogP contribution in [0, 0.1) is 12.8 Å². The molecule has 0 spiro atoms. The third-order valence-electron chi connectivity index (χ3n) is 6.83. The largest absolute Gasteiger partial charge is 0.356 e. The average molecular weight is 554 g/mol. The van der Waals surface area contributed by atoms with E-state index < -0.39 is 0 Å². The van der Waals surface area contributed by atoms with E-state index in [2.05, 4.69) is 68.1 Å². The third kappa shape index (κ3) is 6.42. The van der Waals surface area contributed by atoms with Crippen molar-refractivity contribution < 1.29 is 0 Å². The number of aliphatic imine (C=N–C) groups is 1. The van der Waals surface area contributed by atoms with Gasteiger partial charge in [-0.25, -0.2) is 4.98 Å². The van der Waals surface area contributed by atoms with Gasteiger partial charge >= 0.3 is 0 Å². The Morgan fingerprint density at radius 2 is 1.94 bits per heavy atom. The van der Waals surface area contributed by atoms with E-state index in [1.807, 2.05) is 7.05 Å². The summed E-state index contributed by atoms with van der Waals surface area (Å²) in [6, 6.07) is 11.0. The molecule has 0 radical (unpaired) electrons. The molecular formula is C24H36IN5S. The van der Waals surface area contributed by atoms with E-state index in [1.165, 1.54) is 48.4 Å². The van der Waals surface area contributed by atoms with Crippen LogP contribution in [0.5, 0.6) is 0 Å². The number of aromatic nitrogens is 1. The zero-order valence-electron chi connectivity index (χ0n) is 18.8. The molecule has 4 rings (SSSR count). The van der Waals surface area contributed by atoms with Crippen LogP contribution in [0.15, 0.2) is 40.7 Å². The van der Waals surface area contributed by atoms with E-state index >= 15 is 0 Å². The van der Waals surface area contributed by atoms with Crippen molar-refractivity contribution >= 4 is 41.3 Å². The maximum Gasteiger partial charge on any atom is 0.191 e. The molecule has 1 aromatic carbocycles. The van der Waals surface area contributed by atoms with Gasteiger partial charge in [0.2, 0.25) is 0 Å². The molecule has 0 amide bonds. The third-order valence-corrected chi connectivity index (χ3v) is 7.65. The van der Waals surface area contributed by atoms with Crippen molar-refractivity contribution in [2.24, 2.45) is 10.9 Å². The Kier molecular flexibility index (Phi) is 9.16. The standard InChI is InChI=1S/C24H35N5S.HI/c1-19-28-22(17-30-19)16-29-13-9-20(10-14-29)15-26-23(25-2)27-18-24(11-6-12-24)21-7-4-3-5-8-21;/h3-5,7-8,17,20H,6,9-16,18H2,1-2H3,(H2,25,26,27);1H. The van der Waals surface area contributed by atoms with Crippen LogP contribution in [0.1, 0.15) is 48.4 Å². The van der Waals surface area contributed by atoms with Crippen LogP contribution in [-0.4, -0.2) is 49.1 Å². The van der Waals surface area contributed by atoms with Gasteiger partial charge in [0.25, 0.3) is 0 Å². The smallest absolute Gasteiger partial charge is 0.191 e. The minimum Gasteiger partial charge on any atom is -0.356 e. The van der Waals surface area contributed by atoms with Crippen molar-refractivity contribution in [1.29, 1.82) is 0 Å². The van der Waals surface area contributed by atoms with E-state index in [0.29, 0.717) is 5.92 Å². The normalized spacial score (nSPS) is 19.4. The molecule has 1 saturated carbocycles. The van der Waals surface area contributed by atoms with Crippen LogP contribution in [0.3, 0.4) is 0 Å². The minimum absolute atomic E-state index is 0. The molecule has 2 N–H and O–H groups in total. The van der Waals surface area contributed by atoms with Crippen LogP contribution in [0.2, 0.25) is 0 Å². The second kappa shape index (κ2) is 11.6. The summed E-state index contributed by atoms with van der Waals surface area (Å²) in [7, 11) is 1.88.